The van der Waals surface area contributed by atoms with Crippen LogP contribution in [0.3, 0.4) is 0 Å². The molecule has 0 saturated carbocycles. The second-order valence-electron chi connectivity index (χ2n) is 6.45. The van der Waals surface area contributed by atoms with Gasteiger partial charge in [-0.15, -0.1) is 0 Å². The molecule has 1 atom stereocenters. The highest BCUT2D eigenvalue weighted by atomic mass is 16.5. The van der Waals surface area contributed by atoms with Crippen molar-refractivity contribution in [3.8, 4) is 5.75 Å². The minimum absolute atomic E-state index is 0.192. The number of nitrogen functional groups attached to an aromatic ring is 1. The molecule has 5 heteroatoms. The second kappa shape index (κ2) is 7.44. The number of nitrogens with zero attached hydrogens (tertiary/aromatic N) is 2. The van der Waals surface area contributed by atoms with E-state index in [9.17, 15) is 0 Å². The van der Waals surface area contributed by atoms with Gasteiger partial charge in [0, 0.05) is 17.6 Å². The van der Waals surface area contributed by atoms with Gasteiger partial charge in [0.15, 0.2) is 0 Å². The van der Waals surface area contributed by atoms with Crippen molar-refractivity contribution >= 4 is 22.4 Å². The van der Waals surface area contributed by atoms with Gasteiger partial charge >= 0.3 is 0 Å². The van der Waals surface area contributed by atoms with Gasteiger partial charge in [0.1, 0.15) is 24.0 Å². The summed E-state index contributed by atoms with van der Waals surface area (Å²) in [6.45, 7) is 0.752. The molecular formula is C21H22N4O. The van der Waals surface area contributed by atoms with Crippen molar-refractivity contribution in [3.63, 3.8) is 0 Å². The van der Waals surface area contributed by atoms with Gasteiger partial charge in [-0.05, 0) is 55.2 Å². The Labute approximate surface area is 152 Å². The maximum absolute atomic E-state index is 6.14. The van der Waals surface area contributed by atoms with Gasteiger partial charge in [-0.2, -0.15) is 0 Å². The largest absolute Gasteiger partial charge is 0.486 e. The molecular weight excluding hydrogens is 324 g/mol. The summed E-state index contributed by atoms with van der Waals surface area (Å²) in [6.07, 6.45) is 9.09. The van der Waals surface area contributed by atoms with E-state index in [1.54, 1.807) is 6.33 Å². The molecule has 1 aromatic heterocycles. The molecule has 1 heterocycles. The molecule has 26 heavy (non-hydrogen) atoms. The normalized spacial score (nSPS) is 16.1. The molecule has 3 aromatic rings. The smallest absolute Gasteiger partial charge is 0.137 e. The average Bonchev–Trinajstić information content (AvgIpc) is 3.16. The van der Waals surface area contributed by atoms with Gasteiger partial charge in [0.2, 0.25) is 0 Å². The maximum atomic E-state index is 6.14. The van der Waals surface area contributed by atoms with E-state index < -0.39 is 0 Å². The lowest BCUT2D eigenvalue weighted by Gasteiger charge is -2.16. The minimum atomic E-state index is 0.192. The lowest BCUT2D eigenvalue weighted by Crippen LogP contribution is -2.13. The molecule has 0 amide bonds. The predicted molar refractivity (Wildman–Crippen MR) is 105 cm³/mol. The summed E-state index contributed by atoms with van der Waals surface area (Å²) in [5.41, 5.74) is 8.69. The molecule has 0 radical (unpaired) electrons. The Morgan fingerprint density at radius 2 is 2.08 bits per heavy atom. The number of benzene rings is 2. The van der Waals surface area contributed by atoms with E-state index in [-0.39, 0.29) is 6.10 Å². The van der Waals surface area contributed by atoms with Crippen molar-refractivity contribution in [2.45, 2.75) is 25.4 Å². The molecule has 0 spiro atoms. The molecule has 4 rings (SSSR count). The number of nitrogens with two attached hydrogens (primary N) is 1. The third kappa shape index (κ3) is 3.61. The Balaban J connectivity index is 1.45. The van der Waals surface area contributed by atoms with Gasteiger partial charge in [-0.1, -0.05) is 24.3 Å². The number of ether oxygens (including phenoxy) is 1. The molecule has 0 bridgehead atoms. The summed E-state index contributed by atoms with van der Waals surface area (Å²) in [5.74, 6) is 1.77. The lowest BCUT2D eigenvalue weighted by molar-refractivity contribution is 0.246. The number of nitrogens with one attached hydrogen (secondary N) is 1. The molecule has 132 valence electrons. The van der Waals surface area contributed by atoms with Crippen LogP contribution in [0.2, 0.25) is 0 Å². The van der Waals surface area contributed by atoms with Crippen molar-refractivity contribution in [1.82, 2.24) is 9.97 Å². The minimum Gasteiger partial charge on any atom is -0.486 e. The Morgan fingerprint density at radius 1 is 1.15 bits per heavy atom. The van der Waals surface area contributed by atoms with E-state index in [0.29, 0.717) is 5.69 Å². The zero-order valence-electron chi connectivity index (χ0n) is 14.6. The number of rotatable bonds is 6. The van der Waals surface area contributed by atoms with Crippen molar-refractivity contribution in [2.75, 3.05) is 17.6 Å². The fraction of sp³-hybridized carbons (Fsp3) is 0.238. The van der Waals surface area contributed by atoms with Crippen LogP contribution in [0.25, 0.3) is 10.9 Å². The highest BCUT2D eigenvalue weighted by Crippen LogP contribution is 2.25. The summed E-state index contributed by atoms with van der Waals surface area (Å²) in [5, 5.41) is 4.35. The number of para-hydroxylation sites is 1. The molecule has 1 unspecified atom stereocenters. The molecule has 1 aliphatic rings. The van der Waals surface area contributed by atoms with Crippen LogP contribution in [0.1, 0.15) is 18.4 Å². The first-order valence-electron chi connectivity index (χ1n) is 8.95. The van der Waals surface area contributed by atoms with E-state index in [4.69, 9.17) is 10.5 Å². The summed E-state index contributed by atoms with van der Waals surface area (Å²) in [7, 11) is 0. The number of hydrogen-bond donors (Lipinski definition) is 2. The quantitative estimate of drug-likeness (QED) is 0.522. The van der Waals surface area contributed by atoms with E-state index in [1.807, 2.05) is 36.4 Å². The standard InChI is InChI=1S/C21H22N4O/c22-16-9-10-19-18(13-16)21(25-14-24-19)23-12-11-15-5-1-4-8-20(15)26-17-6-2-3-7-17/h1-2,4-6,8-10,13-14,17H,3,7,11-12,22H2,(H,23,24,25). The Hall–Kier alpha value is -3.08. The maximum Gasteiger partial charge on any atom is 0.137 e. The van der Waals surface area contributed by atoms with Crippen LogP contribution in [0.15, 0.2) is 60.9 Å². The van der Waals surface area contributed by atoms with Crippen LogP contribution in [0.5, 0.6) is 5.75 Å². The van der Waals surface area contributed by atoms with Crippen LogP contribution in [0, 0.1) is 0 Å². The fourth-order valence-electron chi connectivity index (χ4n) is 3.22. The Morgan fingerprint density at radius 3 is 2.96 bits per heavy atom. The molecule has 0 saturated heterocycles. The van der Waals surface area contributed by atoms with Gasteiger partial charge in [-0.25, -0.2) is 9.97 Å². The van der Waals surface area contributed by atoms with E-state index in [2.05, 4.69) is 33.5 Å². The molecule has 5 nitrogen and oxygen atoms in total. The van der Waals surface area contributed by atoms with Gasteiger partial charge in [0.25, 0.3) is 0 Å². The van der Waals surface area contributed by atoms with E-state index in [0.717, 1.165) is 48.3 Å². The second-order valence-corrected chi connectivity index (χ2v) is 6.45. The van der Waals surface area contributed by atoms with Crippen molar-refractivity contribution < 1.29 is 4.74 Å². The van der Waals surface area contributed by atoms with Crippen LogP contribution in [-0.4, -0.2) is 22.6 Å². The highest BCUT2D eigenvalue weighted by molar-refractivity contribution is 5.91. The van der Waals surface area contributed by atoms with Crippen LogP contribution in [0.4, 0.5) is 11.5 Å². The number of anilines is 2. The summed E-state index contributed by atoms with van der Waals surface area (Å²) < 4.78 is 6.14. The Bertz CT molecular complexity index is 938. The third-order valence-corrected chi connectivity index (χ3v) is 4.57. The monoisotopic (exact) mass is 346 g/mol. The van der Waals surface area contributed by atoms with Crippen molar-refractivity contribution in [1.29, 1.82) is 0 Å². The Kier molecular flexibility index (Phi) is 4.69. The predicted octanol–water partition coefficient (Wildman–Crippen LogP) is 3.96. The topological polar surface area (TPSA) is 73.1 Å². The summed E-state index contributed by atoms with van der Waals surface area (Å²) >= 11 is 0. The molecule has 0 aliphatic heterocycles. The van der Waals surface area contributed by atoms with E-state index >= 15 is 0 Å². The van der Waals surface area contributed by atoms with Crippen LogP contribution in [-0.2, 0) is 6.42 Å². The van der Waals surface area contributed by atoms with E-state index in [1.165, 1.54) is 5.56 Å². The van der Waals surface area contributed by atoms with Crippen LogP contribution >= 0.6 is 0 Å². The van der Waals surface area contributed by atoms with Crippen molar-refractivity contribution in [3.05, 3.63) is 66.5 Å². The number of aromatic nitrogens is 2. The van der Waals surface area contributed by atoms with Gasteiger partial charge in [-0.3, -0.25) is 0 Å². The number of fused-ring (bicyclic) bond motifs is 1. The van der Waals surface area contributed by atoms with Gasteiger partial charge in [0.05, 0.1) is 5.52 Å². The van der Waals surface area contributed by atoms with Gasteiger partial charge < -0.3 is 15.8 Å². The third-order valence-electron chi connectivity index (χ3n) is 4.57. The molecule has 1 aliphatic carbocycles. The first-order chi connectivity index (χ1) is 12.8. The lowest BCUT2D eigenvalue weighted by atomic mass is 10.1. The average molecular weight is 346 g/mol. The highest BCUT2D eigenvalue weighted by Gasteiger charge is 2.13. The first kappa shape index (κ1) is 16.4. The zero-order chi connectivity index (χ0) is 17.8. The number of allylic oxidation sites excluding steroid dienone is 1. The molecule has 2 aromatic carbocycles. The van der Waals surface area contributed by atoms with Crippen LogP contribution < -0.4 is 15.8 Å². The summed E-state index contributed by atoms with van der Waals surface area (Å²) in [6, 6.07) is 13.9. The fourth-order valence-corrected chi connectivity index (χ4v) is 3.22. The molecule has 3 N–H and O–H groups in total. The van der Waals surface area contributed by atoms with Crippen molar-refractivity contribution in [2.24, 2.45) is 0 Å². The zero-order valence-corrected chi connectivity index (χ0v) is 14.6. The molecule has 0 fully saturated rings. The first-order valence-corrected chi connectivity index (χ1v) is 8.95. The summed E-state index contributed by atoms with van der Waals surface area (Å²) in [4.78, 5) is 8.65. The SMILES string of the molecule is Nc1ccc2ncnc(NCCc3ccccc3OC3C=CCC3)c2c1. The number of hydrogen-bond acceptors (Lipinski definition) is 5.